The van der Waals surface area contributed by atoms with Gasteiger partial charge in [-0.05, 0) is 23.4 Å². The second-order valence-corrected chi connectivity index (χ2v) is 7.74. The average Bonchev–Trinajstić information content (AvgIpc) is 3.36. The maximum atomic E-state index is 5.76. The zero-order valence-corrected chi connectivity index (χ0v) is 16.3. The zero-order chi connectivity index (χ0) is 18.9. The van der Waals surface area contributed by atoms with Crippen LogP contribution in [-0.4, -0.2) is 44.5 Å². The number of rotatable bonds is 4. The predicted octanol–water partition coefficient (Wildman–Crippen LogP) is 3.22. The van der Waals surface area contributed by atoms with Gasteiger partial charge in [0.25, 0.3) is 0 Å². The van der Waals surface area contributed by atoms with Crippen molar-refractivity contribution in [2.75, 3.05) is 24.7 Å². The fraction of sp³-hybridized carbons (Fsp3) is 0.300. The van der Waals surface area contributed by atoms with Crippen LogP contribution < -0.4 is 4.90 Å². The molecule has 8 heteroatoms. The fourth-order valence-electron chi connectivity index (χ4n) is 3.54. The monoisotopic (exact) mass is 392 g/mol. The molecule has 4 heterocycles. The molecule has 1 saturated heterocycles. The van der Waals surface area contributed by atoms with Gasteiger partial charge >= 0.3 is 0 Å². The molecule has 0 amide bonds. The van der Waals surface area contributed by atoms with Crippen molar-refractivity contribution in [3.8, 4) is 0 Å². The molecule has 1 aliphatic heterocycles. The summed E-state index contributed by atoms with van der Waals surface area (Å²) in [5, 5.41) is 6.86. The van der Waals surface area contributed by atoms with Gasteiger partial charge < -0.3 is 9.64 Å². The van der Waals surface area contributed by atoms with Crippen LogP contribution >= 0.6 is 11.3 Å². The van der Waals surface area contributed by atoms with Crippen molar-refractivity contribution in [1.82, 2.24) is 24.7 Å². The summed E-state index contributed by atoms with van der Waals surface area (Å²) in [6.07, 6.45) is 3.44. The Morgan fingerprint density at radius 1 is 1.18 bits per heavy atom. The highest BCUT2D eigenvalue weighted by molar-refractivity contribution is 7.18. The van der Waals surface area contributed by atoms with Crippen molar-refractivity contribution in [2.24, 2.45) is 0 Å². The van der Waals surface area contributed by atoms with E-state index in [4.69, 9.17) is 9.84 Å². The minimum absolute atomic E-state index is 0.0636. The maximum absolute atomic E-state index is 5.76. The van der Waals surface area contributed by atoms with Gasteiger partial charge in [0.1, 0.15) is 18.7 Å². The van der Waals surface area contributed by atoms with Crippen LogP contribution in [0.5, 0.6) is 0 Å². The molecule has 0 radical (unpaired) electrons. The summed E-state index contributed by atoms with van der Waals surface area (Å²) in [5.74, 6) is 1.70. The molecule has 28 heavy (non-hydrogen) atoms. The van der Waals surface area contributed by atoms with Crippen LogP contribution in [0.4, 0.5) is 5.82 Å². The number of anilines is 1. The number of aryl methyl sites for hydroxylation is 1. The van der Waals surface area contributed by atoms with Crippen molar-refractivity contribution in [3.05, 3.63) is 65.3 Å². The number of aromatic nitrogens is 5. The SMILES string of the molecule is Cc1csc2c(N3CCOC[C@@H]3c3ncn(Cc4ccccc4)n3)ncnc12. The van der Waals surface area contributed by atoms with Gasteiger partial charge in [0.15, 0.2) is 11.6 Å². The lowest BCUT2D eigenvalue weighted by Crippen LogP contribution is -2.40. The molecule has 1 atom stereocenters. The van der Waals surface area contributed by atoms with Crippen molar-refractivity contribution >= 4 is 27.4 Å². The van der Waals surface area contributed by atoms with E-state index in [9.17, 15) is 0 Å². The molecular formula is C20H20N6OS. The third-order valence-electron chi connectivity index (χ3n) is 4.95. The summed E-state index contributed by atoms with van der Waals surface area (Å²) in [7, 11) is 0. The van der Waals surface area contributed by atoms with Crippen molar-refractivity contribution in [3.63, 3.8) is 0 Å². The van der Waals surface area contributed by atoms with Crippen molar-refractivity contribution in [2.45, 2.75) is 19.5 Å². The van der Waals surface area contributed by atoms with Crippen LogP contribution in [0.2, 0.25) is 0 Å². The Morgan fingerprint density at radius 2 is 2.07 bits per heavy atom. The number of thiophene rings is 1. The number of fused-ring (bicyclic) bond motifs is 1. The third-order valence-corrected chi connectivity index (χ3v) is 6.04. The lowest BCUT2D eigenvalue weighted by Gasteiger charge is -2.34. The van der Waals surface area contributed by atoms with Crippen molar-refractivity contribution < 1.29 is 4.74 Å². The summed E-state index contributed by atoms with van der Waals surface area (Å²) in [5.41, 5.74) is 3.39. The van der Waals surface area contributed by atoms with Crippen LogP contribution in [-0.2, 0) is 11.3 Å². The second-order valence-electron chi connectivity index (χ2n) is 6.86. The Kier molecular flexibility index (Phi) is 4.50. The minimum atomic E-state index is -0.0636. The minimum Gasteiger partial charge on any atom is -0.377 e. The Morgan fingerprint density at radius 3 is 2.96 bits per heavy atom. The number of ether oxygens (including phenoxy) is 1. The molecule has 4 aromatic rings. The Balaban J connectivity index is 1.46. The Labute approximate surface area is 166 Å². The first-order chi connectivity index (χ1) is 13.8. The molecule has 0 aliphatic carbocycles. The molecule has 0 unspecified atom stereocenters. The van der Waals surface area contributed by atoms with Gasteiger partial charge in [-0.3, -0.25) is 0 Å². The van der Waals surface area contributed by atoms with Crippen LogP contribution in [0.15, 0.2) is 48.4 Å². The highest BCUT2D eigenvalue weighted by Gasteiger charge is 2.30. The molecule has 0 saturated carbocycles. The van der Waals surface area contributed by atoms with E-state index in [0.717, 1.165) is 28.4 Å². The van der Waals surface area contributed by atoms with Gasteiger partial charge in [0, 0.05) is 6.54 Å². The first kappa shape index (κ1) is 17.3. The molecule has 142 valence electrons. The summed E-state index contributed by atoms with van der Waals surface area (Å²) >= 11 is 1.68. The molecule has 0 spiro atoms. The molecular weight excluding hydrogens is 372 g/mol. The van der Waals surface area contributed by atoms with Crippen LogP contribution in [0.1, 0.15) is 23.0 Å². The summed E-state index contributed by atoms with van der Waals surface area (Å²) in [4.78, 5) is 15.9. The Hall–Kier alpha value is -2.84. The fourth-order valence-corrected chi connectivity index (χ4v) is 4.55. The van der Waals surface area contributed by atoms with E-state index in [2.05, 4.69) is 44.3 Å². The lowest BCUT2D eigenvalue weighted by atomic mass is 10.2. The lowest BCUT2D eigenvalue weighted by molar-refractivity contribution is 0.0914. The zero-order valence-electron chi connectivity index (χ0n) is 15.5. The molecule has 3 aromatic heterocycles. The first-order valence-corrected chi connectivity index (χ1v) is 10.1. The highest BCUT2D eigenvalue weighted by Crippen LogP contribution is 2.35. The van der Waals surface area contributed by atoms with Crippen LogP contribution in [0.25, 0.3) is 10.2 Å². The molecule has 0 bridgehead atoms. The average molecular weight is 392 g/mol. The number of benzene rings is 1. The summed E-state index contributed by atoms with van der Waals surface area (Å²) in [6.45, 7) is 4.74. The van der Waals surface area contributed by atoms with Gasteiger partial charge in [-0.25, -0.2) is 19.6 Å². The summed E-state index contributed by atoms with van der Waals surface area (Å²) in [6, 6.07) is 10.2. The Bertz CT molecular complexity index is 1090. The molecule has 1 aromatic carbocycles. The first-order valence-electron chi connectivity index (χ1n) is 9.26. The van der Waals surface area contributed by atoms with E-state index in [1.807, 2.05) is 22.9 Å². The van der Waals surface area contributed by atoms with Crippen molar-refractivity contribution in [1.29, 1.82) is 0 Å². The number of nitrogens with zero attached hydrogens (tertiary/aromatic N) is 6. The molecule has 5 rings (SSSR count). The van der Waals surface area contributed by atoms with Gasteiger partial charge in [0.05, 0.1) is 30.0 Å². The van der Waals surface area contributed by atoms with E-state index in [0.29, 0.717) is 19.8 Å². The molecule has 1 fully saturated rings. The van der Waals surface area contributed by atoms with Crippen LogP contribution in [0, 0.1) is 6.92 Å². The van der Waals surface area contributed by atoms with E-state index >= 15 is 0 Å². The van der Waals surface area contributed by atoms with E-state index < -0.39 is 0 Å². The number of hydrogen-bond acceptors (Lipinski definition) is 7. The second kappa shape index (κ2) is 7.29. The van der Waals surface area contributed by atoms with Gasteiger partial charge in [-0.2, -0.15) is 5.10 Å². The van der Waals surface area contributed by atoms with Gasteiger partial charge in [-0.15, -0.1) is 11.3 Å². The number of morpholine rings is 1. The largest absolute Gasteiger partial charge is 0.377 e. The normalized spacial score (nSPS) is 17.3. The molecule has 1 aliphatic rings. The van der Waals surface area contributed by atoms with Crippen LogP contribution in [0.3, 0.4) is 0 Å². The van der Waals surface area contributed by atoms with E-state index in [1.54, 1.807) is 24.0 Å². The molecule has 0 N–H and O–H groups in total. The van der Waals surface area contributed by atoms with Gasteiger partial charge in [-0.1, -0.05) is 30.3 Å². The number of hydrogen-bond donors (Lipinski definition) is 0. The topological polar surface area (TPSA) is 69.0 Å². The predicted molar refractivity (Wildman–Crippen MR) is 109 cm³/mol. The van der Waals surface area contributed by atoms with E-state index in [1.165, 1.54) is 11.1 Å². The highest BCUT2D eigenvalue weighted by atomic mass is 32.1. The van der Waals surface area contributed by atoms with E-state index in [-0.39, 0.29) is 6.04 Å². The smallest absolute Gasteiger partial charge is 0.175 e. The standard InChI is InChI=1S/C20H20N6OS/c1-14-11-28-18-17(14)21-12-22-20(18)26-7-8-27-10-16(26)19-23-13-25(24-19)9-15-5-3-2-4-6-15/h2-6,11-13,16H,7-10H2,1H3/t16-/m1/s1. The third kappa shape index (κ3) is 3.14. The quantitative estimate of drug-likeness (QED) is 0.531. The van der Waals surface area contributed by atoms with Gasteiger partial charge in [0.2, 0.25) is 0 Å². The summed E-state index contributed by atoms with van der Waals surface area (Å²) < 4.78 is 8.75. The molecule has 7 nitrogen and oxygen atoms in total. The maximum Gasteiger partial charge on any atom is 0.175 e.